The van der Waals surface area contributed by atoms with Crippen LogP contribution in [0.3, 0.4) is 0 Å². The van der Waals surface area contributed by atoms with Crippen LogP contribution in [0.15, 0.2) is 30.3 Å². The molecule has 0 unspecified atom stereocenters. The molecule has 2 rings (SSSR count). The zero-order chi connectivity index (χ0) is 15.2. The SMILES string of the molecule is Cc1cccc(OCCNC(=O)Nc2cc(C)nn2C)c1. The number of hydrogen-bond donors (Lipinski definition) is 2. The fourth-order valence-electron chi connectivity index (χ4n) is 1.93. The van der Waals surface area contributed by atoms with E-state index in [1.807, 2.05) is 44.2 Å². The second-order valence-corrected chi connectivity index (χ2v) is 4.84. The lowest BCUT2D eigenvalue weighted by Crippen LogP contribution is -2.32. The van der Waals surface area contributed by atoms with Gasteiger partial charge in [-0.2, -0.15) is 5.10 Å². The summed E-state index contributed by atoms with van der Waals surface area (Å²) >= 11 is 0. The quantitative estimate of drug-likeness (QED) is 0.829. The van der Waals surface area contributed by atoms with E-state index >= 15 is 0 Å². The molecule has 0 spiro atoms. The Balaban J connectivity index is 1.71. The molecular formula is C15H20N4O2. The van der Waals surface area contributed by atoms with Gasteiger partial charge in [0, 0.05) is 13.1 Å². The third-order valence-corrected chi connectivity index (χ3v) is 2.89. The summed E-state index contributed by atoms with van der Waals surface area (Å²) in [5.41, 5.74) is 2.00. The van der Waals surface area contributed by atoms with E-state index in [0.717, 1.165) is 17.0 Å². The number of ether oxygens (including phenoxy) is 1. The topological polar surface area (TPSA) is 68.2 Å². The molecule has 6 nitrogen and oxygen atoms in total. The molecule has 0 aliphatic carbocycles. The highest BCUT2D eigenvalue weighted by Crippen LogP contribution is 2.11. The molecule has 2 aromatic rings. The molecule has 0 atom stereocenters. The Morgan fingerprint density at radius 3 is 2.81 bits per heavy atom. The highest BCUT2D eigenvalue weighted by atomic mass is 16.5. The standard InChI is InChI=1S/C15H20N4O2/c1-11-5-4-6-13(9-11)21-8-7-16-15(20)17-14-10-12(2)18-19(14)3/h4-6,9-10H,7-8H2,1-3H3,(H2,16,17,20). The van der Waals surface area contributed by atoms with E-state index in [-0.39, 0.29) is 6.03 Å². The summed E-state index contributed by atoms with van der Waals surface area (Å²) in [7, 11) is 1.78. The fraction of sp³-hybridized carbons (Fsp3) is 0.333. The minimum absolute atomic E-state index is 0.272. The summed E-state index contributed by atoms with van der Waals surface area (Å²) in [6.45, 7) is 4.73. The van der Waals surface area contributed by atoms with Crippen molar-refractivity contribution in [3.8, 4) is 5.75 Å². The first-order valence-electron chi connectivity index (χ1n) is 6.79. The summed E-state index contributed by atoms with van der Waals surface area (Å²) in [4.78, 5) is 11.7. The molecule has 1 heterocycles. The fourth-order valence-corrected chi connectivity index (χ4v) is 1.93. The lowest BCUT2D eigenvalue weighted by molar-refractivity contribution is 0.247. The van der Waals surface area contributed by atoms with Crippen LogP contribution in [-0.4, -0.2) is 29.0 Å². The number of nitrogens with zero attached hydrogens (tertiary/aromatic N) is 2. The number of carbonyl (C=O) groups excluding carboxylic acids is 1. The lowest BCUT2D eigenvalue weighted by Gasteiger charge is -2.09. The number of amides is 2. The molecule has 0 aliphatic rings. The van der Waals surface area contributed by atoms with Gasteiger partial charge in [0.05, 0.1) is 12.2 Å². The van der Waals surface area contributed by atoms with Gasteiger partial charge in [-0.25, -0.2) is 4.79 Å². The van der Waals surface area contributed by atoms with Gasteiger partial charge in [0.25, 0.3) is 0 Å². The Bertz CT molecular complexity index is 622. The van der Waals surface area contributed by atoms with Crippen molar-refractivity contribution in [2.24, 2.45) is 7.05 Å². The van der Waals surface area contributed by atoms with Gasteiger partial charge >= 0.3 is 6.03 Å². The first-order valence-corrected chi connectivity index (χ1v) is 6.79. The van der Waals surface area contributed by atoms with E-state index in [4.69, 9.17) is 4.74 Å². The highest BCUT2D eigenvalue weighted by molar-refractivity contribution is 5.88. The van der Waals surface area contributed by atoms with Crippen molar-refractivity contribution in [3.63, 3.8) is 0 Å². The number of aromatic nitrogens is 2. The van der Waals surface area contributed by atoms with Gasteiger partial charge in [0.2, 0.25) is 0 Å². The molecule has 2 amide bonds. The maximum Gasteiger partial charge on any atom is 0.320 e. The van der Waals surface area contributed by atoms with Crippen molar-refractivity contribution < 1.29 is 9.53 Å². The van der Waals surface area contributed by atoms with Crippen molar-refractivity contribution in [2.75, 3.05) is 18.5 Å². The monoisotopic (exact) mass is 288 g/mol. The third kappa shape index (κ3) is 4.52. The maximum absolute atomic E-state index is 11.7. The number of nitrogens with one attached hydrogen (secondary N) is 2. The van der Waals surface area contributed by atoms with Crippen LogP contribution in [0.4, 0.5) is 10.6 Å². The number of benzene rings is 1. The molecule has 21 heavy (non-hydrogen) atoms. The van der Waals surface area contributed by atoms with Crippen LogP contribution in [-0.2, 0) is 7.05 Å². The molecule has 0 saturated heterocycles. The summed E-state index contributed by atoms with van der Waals surface area (Å²) in [6.07, 6.45) is 0. The molecule has 0 saturated carbocycles. The summed E-state index contributed by atoms with van der Waals surface area (Å²) < 4.78 is 7.18. The van der Waals surface area contributed by atoms with Crippen LogP contribution in [0.2, 0.25) is 0 Å². The summed E-state index contributed by atoms with van der Waals surface area (Å²) in [5, 5.41) is 9.63. The van der Waals surface area contributed by atoms with E-state index in [1.54, 1.807) is 11.7 Å². The molecule has 2 N–H and O–H groups in total. The first-order chi connectivity index (χ1) is 10.0. The number of anilines is 1. The second-order valence-electron chi connectivity index (χ2n) is 4.84. The molecular weight excluding hydrogens is 268 g/mol. The molecule has 0 fully saturated rings. The second kappa shape index (κ2) is 6.78. The molecule has 6 heteroatoms. The van der Waals surface area contributed by atoms with Crippen LogP contribution in [0.1, 0.15) is 11.3 Å². The summed E-state index contributed by atoms with van der Waals surface area (Å²) in [5.74, 6) is 1.46. The largest absolute Gasteiger partial charge is 0.492 e. The third-order valence-electron chi connectivity index (χ3n) is 2.89. The van der Waals surface area contributed by atoms with Gasteiger partial charge in [-0.05, 0) is 31.5 Å². The smallest absolute Gasteiger partial charge is 0.320 e. The zero-order valence-corrected chi connectivity index (χ0v) is 12.5. The molecule has 0 radical (unpaired) electrons. The van der Waals surface area contributed by atoms with Crippen LogP contribution >= 0.6 is 0 Å². The van der Waals surface area contributed by atoms with Gasteiger partial charge in [0.15, 0.2) is 0 Å². The van der Waals surface area contributed by atoms with E-state index in [2.05, 4.69) is 15.7 Å². The van der Waals surface area contributed by atoms with E-state index in [1.165, 1.54) is 0 Å². The molecule has 112 valence electrons. The predicted molar refractivity (Wildman–Crippen MR) is 81.6 cm³/mol. The minimum atomic E-state index is -0.272. The van der Waals surface area contributed by atoms with Crippen molar-refractivity contribution in [1.29, 1.82) is 0 Å². The van der Waals surface area contributed by atoms with E-state index in [0.29, 0.717) is 19.0 Å². The Morgan fingerprint density at radius 1 is 1.33 bits per heavy atom. The first kappa shape index (κ1) is 14.9. The van der Waals surface area contributed by atoms with Crippen LogP contribution in [0, 0.1) is 13.8 Å². The minimum Gasteiger partial charge on any atom is -0.492 e. The van der Waals surface area contributed by atoms with Gasteiger partial charge in [0.1, 0.15) is 18.2 Å². The van der Waals surface area contributed by atoms with Crippen molar-refractivity contribution >= 4 is 11.8 Å². The van der Waals surface area contributed by atoms with Gasteiger partial charge in [-0.1, -0.05) is 12.1 Å². The predicted octanol–water partition coefficient (Wildman–Crippen LogP) is 2.24. The van der Waals surface area contributed by atoms with Gasteiger partial charge in [-0.15, -0.1) is 0 Å². The summed E-state index contributed by atoms with van der Waals surface area (Å²) in [6, 6.07) is 9.34. The lowest BCUT2D eigenvalue weighted by atomic mass is 10.2. The number of urea groups is 1. The number of aryl methyl sites for hydroxylation is 3. The van der Waals surface area contributed by atoms with Crippen LogP contribution in [0.25, 0.3) is 0 Å². The van der Waals surface area contributed by atoms with Crippen molar-refractivity contribution in [1.82, 2.24) is 15.1 Å². The van der Waals surface area contributed by atoms with Crippen LogP contribution in [0.5, 0.6) is 5.75 Å². The molecule has 1 aromatic heterocycles. The highest BCUT2D eigenvalue weighted by Gasteiger charge is 2.06. The van der Waals surface area contributed by atoms with E-state index in [9.17, 15) is 4.79 Å². The number of hydrogen-bond acceptors (Lipinski definition) is 3. The number of carbonyl (C=O) groups is 1. The van der Waals surface area contributed by atoms with E-state index < -0.39 is 0 Å². The maximum atomic E-state index is 11.7. The molecule has 0 bridgehead atoms. The van der Waals surface area contributed by atoms with Crippen LogP contribution < -0.4 is 15.4 Å². The Labute approximate surface area is 124 Å². The molecule has 1 aromatic carbocycles. The Kier molecular flexibility index (Phi) is 4.81. The van der Waals surface area contributed by atoms with Crippen molar-refractivity contribution in [3.05, 3.63) is 41.6 Å². The number of rotatable bonds is 5. The normalized spacial score (nSPS) is 10.2. The average Bonchev–Trinajstić information content (AvgIpc) is 2.73. The average molecular weight is 288 g/mol. The Hall–Kier alpha value is -2.50. The van der Waals surface area contributed by atoms with Gasteiger partial charge < -0.3 is 10.1 Å². The Morgan fingerprint density at radius 2 is 2.14 bits per heavy atom. The molecule has 0 aliphatic heterocycles. The van der Waals surface area contributed by atoms with Gasteiger partial charge in [-0.3, -0.25) is 10.00 Å². The van der Waals surface area contributed by atoms with Crippen molar-refractivity contribution in [2.45, 2.75) is 13.8 Å². The zero-order valence-electron chi connectivity index (χ0n) is 12.5.